The van der Waals surface area contributed by atoms with Gasteiger partial charge in [-0.15, -0.1) is 0 Å². The van der Waals surface area contributed by atoms with Crippen LogP contribution in [0.2, 0.25) is 0 Å². The quantitative estimate of drug-likeness (QED) is 0.815. The Morgan fingerprint density at radius 2 is 1.90 bits per heavy atom. The van der Waals surface area contributed by atoms with Crippen molar-refractivity contribution >= 4 is 17.6 Å². The zero-order chi connectivity index (χ0) is 15.1. The van der Waals surface area contributed by atoms with E-state index in [9.17, 15) is 0 Å². The molecule has 1 aromatic carbocycles. The van der Waals surface area contributed by atoms with Crippen LogP contribution in [0.1, 0.15) is 25.8 Å². The first kappa shape index (κ1) is 15.0. The highest BCUT2D eigenvalue weighted by Gasteiger charge is 2.07. The molecular weight excluding hydrogens is 266 g/mol. The van der Waals surface area contributed by atoms with Gasteiger partial charge in [0.1, 0.15) is 0 Å². The fourth-order valence-electron chi connectivity index (χ4n) is 1.76. The van der Waals surface area contributed by atoms with Crippen LogP contribution in [0, 0.1) is 6.92 Å². The summed E-state index contributed by atoms with van der Waals surface area (Å²) in [7, 11) is 0. The summed E-state index contributed by atoms with van der Waals surface area (Å²) in [6.07, 6.45) is 0.906. The van der Waals surface area contributed by atoms with Gasteiger partial charge in [-0.2, -0.15) is 15.0 Å². The minimum absolute atomic E-state index is 0.331. The topological polar surface area (TPSA) is 72.0 Å². The Hall–Kier alpha value is -2.37. The third kappa shape index (κ3) is 4.59. The van der Waals surface area contributed by atoms with Crippen molar-refractivity contribution in [1.82, 2.24) is 15.0 Å². The number of anilines is 3. The monoisotopic (exact) mass is 287 g/mol. The smallest absolute Gasteiger partial charge is 0.323 e. The Labute approximate surface area is 125 Å². The maximum Gasteiger partial charge on any atom is 0.323 e. The first-order chi connectivity index (χ1) is 10.2. The lowest BCUT2D eigenvalue weighted by Gasteiger charge is -2.10. The molecule has 0 atom stereocenters. The van der Waals surface area contributed by atoms with Crippen LogP contribution in [0.3, 0.4) is 0 Å². The summed E-state index contributed by atoms with van der Waals surface area (Å²) < 4.78 is 5.50. The van der Waals surface area contributed by atoms with Gasteiger partial charge in [0.05, 0.1) is 6.61 Å². The van der Waals surface area contributed by atoms with Crippen molar-refractivity contribution < 1.29 is 4.74 Å². The molecule has 0 fully saturated rings. The molecule has 0 saturated carbocycles. The van der Waals surface area contributed by atoms with Crippen molar-refractivity contribution in [2.75, 3.05) is 23.8 Å². The van der Waals surface area contributed by atoms with E-state index in [-0.39, 0.29) is 0 Å². The molecule has 0 unspecified atom stereocenters. The lowest BCUT2D eigenvalue weighted by atomic mass is 10.2. The van der Waals surface area contributed by atoms with Crippen LogP contribution in [-0.4, -0.2) is 28.1 Å². The largest absolute Gasteiger partial charge is 0.463 e. The van der Waals surface area contributed by atoms with Gasteiger partial charge in [0.2, 0.25) is 11.9 Å². The van der Waals surface area contributed by atoms with E-state index < -0.39 is 0 Å². The Morgan fingerprint density at radius 1 is 1.10 bits per heavy atom. The van der Waals surface area contributed by atoms with Crippen LogP contribution < -0.4 is 15.4 Å². The highest BCUT2D eigenvalue weighted by atomic mass is 16.5. The van der Waals surface area contributed by atoms with Gasteiger partial charge in [0.25, 0.3) is 0 Å². The molecule has 0 aliphatic heterocycles. The van der Waals surface area contributed by atoms with E-state index in [4.69, 9.17) is 4.74 Å². The number of aromatic nitrogens is 3. The summed E-state index contributed by atoms with van der Waals surface area (Å²) in [5, 5.41) is 6.26. The normalized spacial score (nSPS) is 10.2. The molecule has 6 nitrogen and oxygen atoms in total. The second-order valence-corrected chi connectivity index (χ2v) is 4.64. The van der Waals surface area contributed by atoms with E-state index in [1.54, 1.807) is 0 Å². The zero-order valence-corrected chi connectivity index (χ0v) is 12.7. The zero-order valence-electron chi connectivity index (χ0n) is 12.7. The standard InChI is InChI=1S/C15H21N5O/c1-4-9-21-15-19-13(16-5-2)18-14(20-15)17-12-8-6-7-11(3)10-12/h6-8,10H,4-5,9H2,1-3H3,(H2,16,17,18,19,20). The molecule has 112 valence electrons. The van der Waals surface area contributed by atoms with E-state index in [0.717, 1.165) is 18.7 Å². The van der Waals surface area contributed by atoms with Gasteiger partial charge in [0, 0.05) is 12.2 Å². The number of benzene rings is 1. The molecule has 2 N–H and O–H groups in total. The number of rotatable bonds is 7. The molecule has 0 aliphatic rings. The molecule has 0 amide bonds. The summed E-state index contributed by atoms with van der Waals surface area (Å²) in [6, 6.07) is 8.36. The van der Waals surface area contributed by atoms with Gasteiger partial charge in [-0.3, -0.25) is 0 Å². The lowest BCUT2D eigenvalue weighted by Crippen LogP contribution is -2.09. The predicted molar refractivity (Wildman–Crippen MR) is 84.2 cm³/mol. The van der Waals surface area contributed by atoms with Crippen molar-refractivity contribution in [2.45, 2.75) is 27.2 Å². The van der Waals surface area contributed by atoms with E-state index in [1.165, 1.54) is 5.56 Å². The average Bonchev–Trinajstić information content (AvgIpc) is 2.45. The van der Waals surface area contributed by atoms with Gasteiger partial charge < -0.3 is 15.4 Å². The van der Waals surface area contributed by atoms with Crippen molar-refractivity contribution in [3.63, 3.8) is 0 Å². The van der Waals surface area contributed by atoms with E-state index >= 15 is 0 Å². The van der Waals surface area contributed by atoms with E-state index in [0.29, 0.717) is 24.5 Å². The van der Waals surface area contributed by atoms with Gasteiger partial charge >= 0.3 is 6.01 Å². The van der Waals surface area contributed by atoms with Crippen molar-refractivity contribution in [3.05, 3.63) is 29.8 Å². The molecule has 21 heavy (non-hydrogen) atoms. The fraction of sp³-hybridized carbons (Fsp3) is 0.400. The minimum Gasteiger partial charge on any atom is -0.463 e. The molecule has 0 aliphatic carbocycles. The molecule has 0 saturated heterocycles. The number of hydrogen-bond donors (Lipinski definition) is 2. The van der Waals surface area contributed by atoms with Crippen LogP contribution in [0.5, 0.6) is 6.01 Å². The van der Waals surface area contributed by atoms with Gasteiger partial charge in [-0.25, -0.2) is 0 Å². The molecule has 0 bridgehead atoms. The van der Waals surface area contributed by atoms with E-state index in [1.807, 2.05) is 45.0 Å². The Kier molecular flexibility index (Phi) is 5.31. The van der Waals surface area contributed by atoms with Gasteiger partial charge in [-0.05, 0) is 38.0 Å². The molecule has 2 rings (SSSR count). The average molecular weight is 287 g/mol. The van der Waals surface area contributed by atoms with E-state index in [2.05, 4.69) is 25.6 Å². The van der Waals surface area contributed by atoms with Crippen LogP contribution in [0.15, 0.2) is 24.3 Å². The number of ether oxygens (including phenoxy) is 1. The number of aryl methyl sites for hydroxylation is 1. The van der Waals surface area contributed by atoms with Crippen molar-refractivity contribution in [3.8, 4) is 6.01 Å². The Morgan fingerprint density at radius 3 is 2.62 bits per heavy atom. The SMILES string of the molecule is CCCOc1nc(NCC)nc(Nc2cccc(C)c2)n1. The fourth-order valence-corrected chi connectivity index (χ4v) is 1.76. The van der Waals surface area contributed by atoms with Crippen LogP contribution in [0.4, 0.5) is 17.6 Å². The molecule has 0 spiro atoms. The minimum atomic E-state index is 0.331. The summed E-state index contributed by atoms with van der Waals surface area (Å²) in [5.74, 6) is 0.978. The summed E-state index contributed by atoms with van der Waals surface area (Å²) in [6.45, 7) is 7.39. The summed E-state index contributed by atoms with van der Waals surface area (Å²) in [5.41, 5.74) is 2.11. The number of nitrogens with zero attached hydrogens (tertiary/aromatic N) is 3. The third-order valence-corrected chi connectivity index (χ3v) is 2.66. The lowest BCUT2D eigenvalue weighted by molar-refractivity contribution is 0.292. The van der Waals surface area contributed by atoms with Crippen molar-refractivity contribution in [2.24, 2.45) is 0 Å². The highest BCUT2D eigenvalue weighted by Crippen LogP contribution is 2.17. The summed E-state index contributed by atoms with van der Waals surface area (Å²) in [4.78, 5) is 12.8. The molecule has 2 aromatic rings. The number of nitrogens with one attached hydrogen (secondary N) is 2. The first-order valence-corrected chi connectivity index (χ1v) is 7.17. The van der Waals surface area contributed by atoms with Crippen LogP contribution >= 0.6 is 0 Å². The predicted octanol–water partition coefficient (Wildman–Crippen LogP) is 3.14. The first-order valence-electron chi connectivity index (χ1n) is 7.17. The molecule has 1 aromatic heterocycles. The third-order valence-electron chi connectivity index (χ3n) is 2.66. The maximum absolute atomic E-state index is 5.50. The number of hydrogen-bond acceptors (Lipinski definition) is 6. The second-order valence-electron chi connectivity index (χ2n) is 4.64. The molecule has 0 radical (unpaired) electrons. The maximum atomic E-state index is 5.50. The second kappa shape index (κ2) is 7.42. The molecule has 1 heterocycles. The highest BCUT2D eigenvalue weighted by molar-refractivity contribution is 5.55. The van der Waals surface area contributed by atoms with Crippen LogP contribution in [-0.2, 0) is 0 Å². The van der Waals surface area contributed by atoms with Crippen molar-refractivity contribution in [1.29, 1.82) is 0 Å². The van der Waals surface area contributed by atoms with Gasteiger partial charge in [0.15, 0.2) is 0 Å². The molecule has 6 heteroatoms. The Bertz CT molecular complexity index is 588. The van der Waals surface area contributed by atoms with Gasteiger partial charge in [-0.1, -0.05) is 19.1 Å². The summed E-state index contributed by atoms with van der Waals surface area (Å²) >= 11 is 0. The Balaban J connectivity index is 2.22. The van der Waals surface area contributed by atoms with Crippen LogP contribution in [0.25, 0.3) is 0 Å². The molecular formula is C15H21N5O.